The summed E-state index contributed by atoms with van der Waals surface area (Å²) in [5, 5.41) is 12.9. The lowest BCUT2D eigenvalue weighted by molar-refractivity contribution is -0.161. The van der Waals surface area contributed by atoms with Gasteiger partial charge in [-0.1, -0.05) is 22.6 Å². The molecule has 1 saturated carbocycles. The van der Waals surface area contributed by atoms with Crippen molar-refractivity contribution in [3.8, 4) is 0 Å². The van der Waals surface area contributed by atoms with Gasteiger partial charge in [0.2, 0.25) is 0 Å². The van der Waals surface area contributed by atoms with E-state index in [2.05, 4.69) is 27.9 Å². The van der Waals surface area contributed by atoms with Gasteiger partial charge in [-0.2, -0.15) is 0 Å². The molecule has 5 heteroatoms. The van der Waals surface area contributed by atoms with E-state index in [0.29, 0.717) is 6.04 Å². The topological polar surface area (TPSA) is 68.5 Å². The summed E-state index contributed by atoms with van der Waals surface area (Å²) in [6, 6.07) is 0.304. The van der Waals surface area contributed by atoms with Gasteiger partial charge in [-0.25, -0.2) is 0 Å². The van der Waals surface area contributed by atoms with E-state index in [1.54, 1.807) is 0 Å². The number of aliphatic hydroxyl groups is 1. The molecule has 2 N–H and O–H groups in total. The van der Waals surface area contributed by atoms with Crippen LogP contribution in [0.25, 0.3) is 0 Å². The molecule has 0 aromatic carbocycles. The SMILES string of the molecule is CC(C)(O)C1CC(OC(=O)C(I)C2CN2)C1. The molecule has 0 aromatic heterocycles. The van der Waals surface area contributed by atoms with Crippen LogP contribution in [0, 0.1) is 5.92 Å². The summed E-state index contributed by atoms with van der Waals surface area (Å²) >= 11 is 2.13. The second-order valence-electron chi connectivity index (χ2n) is 5.30. The number of alkyl halides is 1. The minimum absolute atomic E-state index is 0.0138. The fourth-order valence-corrected chi connectivity index (χ4v) is 2.56. The summed E-state index contributed by atoms with van der Waals surface area (Å²) in [6.07, 6.45) is 1.59. The number of rotatable bonds is 4. The number of ether oxygens (including phenoxy) is 1. The Labute approximate surface area is 109 Å². The van der Waals surface area contributed by atoms with Crippen molar-refractivity contribution in [1.29, 1.82) is 0 Å². The number of carbonyl (C=O) groups excluding carboxylic acids is 1. The van der Waals surface area contributed by atoms with Crippen molar-refractivity contribution in [3.05, 3.63) is 0 Å². The molecule has 2 aliphatic rings. The van der Waals surface area contributed by atoms with Crippen molar-refractivity contribution in [2.45, 2.75) is 48.4 Å². The maximum Gasteiger partial charge on any atom is 0.320 e. The number of esters is 1. The Balaban J connectivity index is 1.71. The maximum atomic E-state index is 11.7. The lowest BCUT2D eigenvalue weighted by atomic mass is 9.72. The summed E-state index contributed by atoms with van der Waals surface area (Å²) < 4.78 is 5.31. The third-order valence-corrected chi connectivity index (χ3v) is 4.77. The van der Waals surface area contributed by atoms with Crippen LogP contribution in [0.1, 0.15) is 26.7 Å². The van der Waals surface area contributed by atoms with E-state index in [9.17, 15) is 9.90 Å². The maximum absolute atomic E-state index is 11.7. The average molecular weight is 339 g/mol. The van der Waals surface area contributed by atoms with Crippen LogP contribution in [0.15, 0.2) is 0 Å². The molecular formula is C11H18INO3. The molecule has 0 radical (unpaired) electrons. The van der Waals surface area contributed by atoms with Gasteiger partial charge in [0, 0.05) is 12.6 Å². The Morgan fingerprint density at radius 3 is 2.56 bits per heavy atom. The van der Waals surface area contributed by atoms with Gasteiger partial charge in [-0.15, -0.1) is 0 Å². The summed E-state index contributed by atoms with van der Waals surface area (Å²) in [6.45, 7) is 4.54. The van der Waals surface area contributed by atoms with Crippen molar-refractivity contribution in [2.24, 2.45) is 5.92 Å². The number of carbonyl (C=O) groups is 1. The number of hydrogen-bond donors (Lipinski definition) is 2. The zero-order chi connectivity index (χ0) is 11.9. The molecule has 1 aliphatic carbocycles. The smallest absolute Gasteiger partial charge is 0.320 e. The molecule has 0 spiro atoms. The third-order valence-electron chi connectivity index (χ3n) is 3.39. The first-order valence-corrected chi connectivity index (χ1v) is 6.93. The molecule has 1 aliphatic heterocycles. The minimum atomic E-state index is -0.648. The lowest BCUT2D eigenvalue weighted by Gasteiger charge is -2.41. The molecule has 0 amide bonds. The molecule has 2 atom stereocenters. The van der Waals surface area contributed by atoms with Crippen molar-refractivity contribution >= 4 is 28.6 Å². The van der Waals surface area contributed by atoms with Crippen molar-refractivity contribution in [1.82, 2.24) is 5.32 Å². The van der Waals surface area contributed by atoms with E-state index in [1.807, 2.05) is 13.8 Å². The Morgan fingerprint density at radius 2 is 2.12 bits per heavy atom. The van der Waals surface area contributed by atoms with E-state index in [-0.39, 0.29) is 21.9 Å². The standard InChI is InChI=1S/C11H18INO3/c1-11(2,15)6-3-7(4-6)16-10(14)9(12)8-5-13-8/h6-9,13,15H,3-5H2,1-2H3. The minimum Gasteiger partial charge on any atom is -0.462 e. The Hall–Kier alpha value is 0.120. The van der Waals surface area contributed by atoms with Gasteiger partial charge < -0.3 is 15.2 Å². The van der Waals surface area contributed by atoms with Crippen molar-refractivity contribution < 1.29 is 14.6 Å². The molecule has 0 aromatic rings. The summed E-state index contributed by atoms with van der Waals surface area (Å²) in [5.41, 5.74) is -0.648. The summed E-state index contributed by atoms with van der Waals surface area (Å²) in [7, 11) is 0. The summed E-state index contributed by atoms with van der Waals surface area (Å²) in [5.74, 6) is 0.145. The Kier molecular flexibility index (Phi) is 3.47. The van der Waals surface area contributed by atoms with Crippen LogP contribution in [-0.4, -0.2) is 39.3 Å². The molecule has 2 fully saturated rings. The van der Waals surface area contributed by atoms with Gasteiger partial charge >= 0.3 is 5.97 Å². The molecule has 2 rings (SSSR count). The predicted octanol–water partition coefficient (Wildman–Crippen LogP) is 0.854. The van der Waals surface area contributed by atoms with Crippen molar-refractivity contribution in [3.63, 3.8) is 0 Å². The first-order valence-electron chi connectivity index (χ1n) is 5.68. The lowest BCUT2D eigenvalue weighted by Crippen LogP contribution is -2.45. The Bertz CT molecular complexity index is 279. The van der Waals surface area contributed by atoms with Gasteiger partial charge in [-0.05, 0) is 32.6 Å². The molecule has 1 heterocycles. The van der Waals surface area contributed by atoms with Crippen LogP contribution < -0.4 is 5.32 Å². The van der Waals surface area contributed by atoms with E-state index in [1.165, 1.54) is 0 Å². The monoisotopic (exact) mass is 339 g/mol. The zero-order valence-electron chi connectivity index (χ0n) is 9.57. The molecule has 0 bridgehead atoms. The highest BCUT2D eigenvalue weighted by atomic mass is 127. The van der Waals surface area contributed by atoms with E-state index in [0.717, 1.165) is 19.4 Å². The predicted molar refractivity (Wildman–Crippen MR) is 68.5 cm³/mol. The number of hydrogen-bond acceptors (Lipinski definition) is 4. The number of halogens is 1. The second kappa shape index (κ2) is 4.42. The van der Waals surface area contributed by atoms with Crippen molar-refractivity contribution in [2.75, 3.05) is 6.54 Å². The van der Waals surface area contributed by atoms with Crippen LogP contribution >= 0.6 is 22.6 Å². The Morgan fingerprint density at radius 1 is 1.56 bits per heavy atom. The molecule has 4 nitrogen and oxygen atoms in total. The van der Waals surface area contributed by atoms with Crippen LogP contribution in [-0.2, 0) is 9.53 Å². The van der Waals surface area contributed by atoms with E-state index >= 15 is 0 Å². The number of nitrogens with one attached hydrogen (secondary N) is 1. The van der Waals surface area contributed by atoms with Gasteiger partial charge in [0.15, 0.2) is 0 Å². The van der Waals surface area contributed by atoms with Gasteiger partial charge in [-0.3, -0.25) is 4.79 Å². The van der Waals surface area contributed by atoms with Crippen LogP contribution in [0.3, 0.4) is 0 Å². The largest absolute Gasteiger partial charge is 0.462 e. The van der Waals surface area contributed by atoms with Crippen LogP contribution in [0.4, 0.5) is 0 Å². The highest BCUT2D eigenvalue weighted by Gasteiger charge is 2.42. The van der Waals surface area contributed by atoms with Crippen LogP contribution in [0.5, 0.6) is 0 Å². The van der Waals surface area contributed by atoms with E-state index < -0.39 is 5.60 Å². The average Bonchev–Trinajstić information content (AvgIpc) is 2.89. The first kappa shape index (κ1) is 12.6. The first-order chi connectivity index (χ1) is 7.38. The van der Waals surface area contributed by atoms with Gasteiger partial charge in [0.05, 0.1) is 5.60 Å². The van der Waals surface area contributed by atoms with Crippen LogP contribution in [0.2, 0.25) is 0 Å². The second-order valence-corrected chi connectivity index (χ2v) is 6.64. The molecule has 1 saturated heterocycles. The third kappa shape index (κ3) is 2.87. The molecule has 16 heavy (non-hydrogen) atoms. The molecule has 2 unspecified atom stereocenters. The summed E-state index contributed by atoms with van der Waals surface area (Å²) in [4.78, 5) is 11.7. The van der Waals surface area contributed by atoms with E-state index in [4.69, 9.17) is 4.74 Å². The highest BCUT2D eigenvalue weighted by Crippen LogP contribution is 2.38. The van der Waals surface area contributed by atoms with Gasteiger partial charge in [0.25, 0.3) is 0 Å². The zero-order valence-corrected chi connectivity index (χ0v) is 11.7. The molecule has 92 valence electrons. The fourth-order valence-electron chi connectivity index (χ4n) is 1.91. The quantitative estimate of drug-likeness (QED) is 0.345. The van der Waals surface area contributed by atoms with Gasteiger partial charge in [0.1, 0.15) is 10.0 Å². The normalized spacial score (nSPS) is 35.1. The fraction of sp³-hybridized carbons (Fsp3) is 0.909. The molecular weight excluding hydrogens is 321 g/mol. The highest BCUT2D eigenvalue weighted by molar-refractivity contribution is 14.1.